The lowest BCUT2D eigenvalue weighted by molar-refractivity contribution is -0.137. The molecule has 0 bridgehead atoms. The Hall–Kier alpha value is -2.63. The number of hydrogen-bond donors (Lipinski definition) is 0. The topological polar surface area (TPSA) is 53.7 Å². The molecule has 6 heteroatoms. The highest BCUT2D eigenvalue weighted by molar-refractivity contribution is 5.83. The van der Waals surface area contributed by atoms with Crippen LogP contribution in [0.4, 0.5) is 5.82 Å². The number of amides is 1. The first kappa shape index (κ1) is 17.5. The third kappa shape index (κ3) is 3.01. The summed E-state index contributed by atoms with van der Waals surface area (Å²) in [6.45, 7) is 5.89. The van der Waals surface area contributed by atoms with Crippen LogP contribution < -0.4 is 4.90 Å². The Kier molecular flexibility index (Phi) is 4.41. The first-order valence-electron chi connectivity index (χ1n) is 10.5. The van der Waals surface area contributed by atoms with Gasteiger partial charge in [-0.2, -0.15) is 0 Å². The molecule has 2 saturated heterocycles. The van der Waals surface area contributed by atoms with Crippen molar-refractivity contribution in [2.45, 2.75) is 32.6 Å². The second kappa shape index (κ2) is 7.08. The normalized spacial score (nSPS) is 19.6. The van der Waals surface area contributed by atoms with E-state index in [1.807, 2.05) is 6.07 Å². The van der Waals surface area contributed by atoms with Gasteiger partial charge in [-0.1, -0.05) is 6.92 Å². The van der Waals surface area contributed by atoms with Gasteiger partial charge in [0.05, 0.1) is 11.0 Å². The molecule has 3 aromatic rings. The number of aromatic nitrogens is 3. The summed E-state index contributed by atoms with van der Waals surface area (Å²) in [6, 6.07) is 8.17. The number of carbonyl (C=O) groups is 1. The molecule has 6 nitrogen and oxygen atoms in total. The van der Waals surface area contributed by atoms with E-state index in [1.165, 1.54) is 0 Å². The van der Waals surface area contributed by atoms with E-state index in [2.05, 4.69) is 50.5 Å². The van der Waals surface area contributed by atoms with Gasteiger partial charge in [-0.25, -0.2) is 9.97 Å². The van der Waals surface area contributed by atoms with Gasteiger partial charge in [-0.3, -0.25) is 4.79 Å². The quantitative estimate of drug-likeness (QED) is 0.687. The zero-order valence-electron chi connectivity index (χ0n) is 16.4. The maximum atomic E-state index is 12.9. The smallest absolute Gasteiger partial charge is 0.225 e. The van der Waals surface area contributed by atoms with Gasteiger partial charge >= 0.3 is 0 Å². The fourth-order valence-electron chi connectivity index (χ4n) is 4.65. The molecular formula is C22H27N5O. The first-order valence-corrected chi connectivity index (χ1v) is 10.5. The van der Waals surface area contributed by atoms with Crippen molar-refractivity contribution in [3.05, 3.63) is 36.7 Å². The molecule has 2 fully saturated rings. The van der Waals surface area contributed by atoms with E-state index >= 15 is 0 Å². The Morgan fingerprint density at radius 1 is 1.00 bits per heavy atom. The molecule has 146 valence electrons. The molecule has 0 N–H and O–H groups in total. The monoisotopic (exact) mass is 377 g/mol. The molecule has 5 heterocycles. The van der Waals surface area contributed by atoms with E-state index in [1.54, 1.807) is 6.20 Å². The minimum Gasteiger partial charge on any atom is -0.355 e. The predicted molar refractivity (Wildman–Crippen MR) is 110 cm³/mol. The van der Waals surface area contributed by atoms with Crippen LogP contribution in [0.15, 0.2) is 36.7 Å². The number of hydrogen-bond acceptors (Lipinski definition) is 4. The van der Waals surface area contributed by atoms with E-state index in [-0.39, 0.29) is 5.92 Å². The highest BCUT2D eigenvalue weighted by atomic mass is 16.2. The molecule has 2 aliphatic heterocycles. The fraction of sp³-hybridized carbons (Fsp3) is 0.500. The third-order valence-corrected chi connectivity index (χ3v) is 6.45. The van der Waals surface area contributed by atoms with Gasteiger partial charge in [0, 0.05) is 44.5 Å². The second-order valence-corrected chi connectivity index (χ2v) is 8.31. The Morgan fingerprint density at radius 2 is 1.75 bits per heavy atom. The number of pyridine rings is 1. The molecule has 5 rings (SSSR count). The molecule has 1 amide bonds. The number of fused-ring (bicyclic) bond motifs is 3. The number of carbonyl (C=O) groups excluding carboxylic acids is 1. The van der Waals surface area contributed by atoms with Gasteiger partial charge in [0.2, 0.25) is 5.91 Å². The van der Waals surface area contributed by atoms with Crippen molar-refractivity contribution in [1.29, 1.82) is 0 Å². The zero-order valence-corrected chi connectivity index (χ0v) is 16.4. The van der Waals surface area contributed by atoms with Crippen molar-refractivity contribution in [3.63, 3.8) is 0 Å². The van der Waals surface area contributed by atoms with E-state index < -0.39 is 0 Å². The van der Waals surface area contributed by atoms with Crippen LogP contribution in [0.5, 0.6) is 0 Å². The van der Waals surface area contributed by atoms with Crippen molar-refractivity contribution < 1.29 is 4.79 Å². The molecule has 0 aliphatic carbocycles. The average molecular weight is 377 g/mol. The van der Waals surface area contributed by atoms with Gasteiger partial charge < -0.3 is 14.2 Å². The molecule has 0 aromatic carbocycles. The molecule has 0 saturated carbocycles. The summed E-state index contributed by atoms with van der Waals surface area (Å²) in [5, 5.41) is 0. The summed E-state index contributed by atoms with van der Waals surface area (Å²) >= 11 is 0. The number of piperidine rings is 2. The molecule has 2 aliphatic rings. The van der Waals surface area contributed by atoms with Crippen LogP contribution in [0.2, 0.25) is 0 Å². The van der Waals surface area contributed by atoms with Crippen molar-refractivity contribution in [2.24, 2.45) is 11.8 Å². The van der Waals surface area contributed by atoms with Crippen LogP contribution in [-0.4, -0.2) is 51.4 Å². The van der Waals surface area contributed by atoms with Crippen molar-refractivity contribution in [1.82, 2.24) is 19.3 Å². The highest BCUT2D eigenvalue weighted by Gasteiger charge is 2.31. The van der Waals surface area contributed by atoms with E-state index in [4.69, 9.17) is 4.98 Å². The largest absolute Gasteiger partial charge is 0.355 e. The summed E-state index contributed by atoms with van der Waals surface area (Å²) in [7, 11) is 0. The number of anilines is 1. The zero-order chi connectivity index (χ0) is 19.1. The van der Waals surface area contributed by atoms with Gasteiger partial charge in [0.15, 0.2) is 11.5 Å². The standard InChI is InChI=1S/C22H27N5O/c1-16-6-12-26(13-7-16)22(28)17-8-14-25(15-9-17)21-19-5-3-11-27(19)18-4-2-10-23-20(18)24-21/h2-5,10-11,16-17H,6-9,12-15H2,1H3. The maximum Gasteiger partial charge on any atom is 0.225 e. The van der Waals surface area contributed by atoms with Crippen molar-refractivity contribution in [3.8, 4) is 0 Å². The highest BCUT2D eigenvalue weighted by Crippen LogP contribution is 2.29. The third-order valence-electron chi connectivity index (χ3n) is 6.45. The predicted octanol–water partition coefficient (Wildman–Crippen LogP) is 3.36. The summed E-state index contributed by atoms with van der Waals surface area (Å²) in [5.74, 6) is 2.26. The minimum absolute atomic E-state index is 0.158. The Bertz CT molecular complexity index is 997. The van der Waals surface area contributed by atoms with Crippen LogP contribution in [-0.2, 0) is 4.79 Å². The SMILES string of the molecule is CC1CCN(C(=O)C2CCN(c3nc4ncccc4n4cccc34)CC2)CC1. The van der Waals surface area contributed by atoms with E-state index in [0.717, 1.165) is 80.3 Å². The second-order valence-electron chi connectivity index (χ2n) is 8.31. The van der Waals surface area contributed by atoms with Gasteiger partial charge in [-0.05, 0) is 55.9 Å². The molecule has 0 atom stereocenters. The summed E-state index contributed by atoms with van der Waals surface area (Å²) in [5.41, 5.74) is 2.90. The Labute approximate surface area is 165 Å². The van der Waals surface area contributed by atoms with Gasteiger partial charge in [0.25, 0.3) is 0 Å². The number of likely N-dealkylation sites (tertiary alicyclic amines) is 1. The van der Waals surface area contributed by atoms with Crippen molar-refractivity contribution >= 4 is 28.4 Å². The van der Waals surface area contributed by atoms with Crippen LogP contribution in [0.25, 0.3) is 16.7 Å². The summed E-state index contributed by atoms with van der Waals surface area (Å²) in [4.78, 5) is 26.7. The lowest BCUT2D eigenvalue weighted by Gasteiger charge is -2.37. The Morgan fingerprint density at radius 3 is 2.54 bits per heavy atom. The van der Waals surface area contributed by atoms with Gasteiger partial charge in [-0.15, -0.1) is 0 Å². The fourth-order valence-corrected chi connectivity index (χ4v) is 4.65. The van der Waals surface area contributed by atoms with Crippen LogP contribution in [0, 0.1) is 11.8 Å². The lowest BCUT2D eigenvalue weighted by Crippen LogP contribution is -2.45. The van der Waals surface area contributed by atoms with Crippen LogP contribution in [0.3, 0.4) is 0 Å². The summed E-state index contributed by atoms with van der Waals surface area (Å²) < 4.78 is 2.16. The first-order chi connectivity index (χ1) is 13.7. The molecule has 28 heavy (non-hydrogen) atoms. The molecular weight excluding hydrogens is 350 g/mol. The number of rotatable bonds is 2. The van der Waals surface area contributed by atoms with E-state index in [0.29, 0.717) is 5.91 Å². The van der Waals surface area contributed by atoms with Crippen molar-refractivity contribution in [2.75, 3.05) is 31.1 Å². The number of nitrogens with zero attached hydrogens (tertiary/aromatic N) is 5. The molecule has 0 unspecified atom stereocenters. The minimum atomic E-state index is 0.158. The van der Waals surface area contributed by atoms with Crippen LogP contribution >= 0.6 is 0 Å². The molecule has 0 spiro atoms. The summed E-state index contributed by atoms with van der Waals surface area (Å²) in [6.07, 6.45) is 7.95. The van der Waals surface area contributed by atoms with Gasteiger partial charge in [0.1, 0.15) is 0 Å². The Balaban J connectivity index is 1.34. The molecule has 0 radical (unpaired) electrons. The lowest BCUT2D eigenvalue weighted by atomic mass is 9.92. The maximum absolute atomic E-state index is 12.9. The van der Waals surface area contributed by atoms with Crippen LogP contribution in [0.1, 0.15) is 32.6 Å². The molecule has 3 aromatic heterocycles. The van der Waals surface area contributed by atoms with E-state index in [9.17, 15) is 4.79 Å². The average Bonchev–Trinajstić information content (AvgIpc) is 3.24.